The Morgan fingerprint density at radius 3 is 2.31 bits per heavy atom. The maximum absolute atomic E-state index is 14.6. The van der Waals surface area contributed by atoms with Crippen molar-refractivity contribution < 1.29 is 12.8 Å². The van der Waals surface area contributed by atoms with Gasteiger partial charge >= 0.3 is 0 Å². The van der Waals surface area contributed by atoms with Gasteiger partial charge in [0.15, 0.2) is 0 Å². The van der Waals surface area contributed by atoms with Crippen LogP contribution in [0.1, 0.15) is 5.56 Å². The fourth-order valence-corrected chi connectivity index (χ4v) is 4.81. The van der Waals surface area contributed by atoms with E-state index in [1.807, 2.05) is 39.2 Å². The van der Waals surface area contributed by atoms with Crippen LogP contribution < -0.4 is 5.32 Å². The quantitative estimate of drug-likeness (QED) is 0.458. The summed E-state index contributed by atoms with van der Waals surface area (Å²) >= 11 is 0. The molecule has 0 spiro atoms. The van der Waals surface area contributed by atoms with E-state index >= 15 is 0 Å². The summed E-state index contributed by atoms with van der Waals surface area (Å²) in [5.41, 5.74) is 1.22. The molecule has 0 saturated heterocycles. The average molecular weight is 404 g/mol. The van der Waals surface area contributed by atoms with Gasteiger partial charge in [-0.1, -0.05) is 17.4 Å². The minimum Gasteiger partial charge on any atom is -0.339 e. The highest BCUT2D eigenvalue weighted by Crippen LogP contribution is 2.31. The molecule has 29 heavy (non-hydrogen) atoms. The molecule has 1 aromatic carbocycles. The molecule has 1 N–H and O–H groups in total. The van der Waals surface area contributed by atoms with Crippen LogP contribution in [0.15, 0.2) is 66.0 Å². The van der Waals surface area contributed by atoms with Gasteiger partial charge in [0.2, 0.25) is 0 Å². The number of benzene rings is 1. The van der Waals surface area contributed by atoms with Crippen molar-refractivity contribution in [2.24, 2.45) is 0 Å². The fraction of sp³-hybridized carbons (Fsp3) is 0.118. The van der Waals surface area contributed by atoms with Crippen LogP contribution in [-0.2, 0) is 15.4 Å². The van der Waals surface area contributed by atoms with Crippen LogP contribution in [0.5, 0.6) is 0 Å². The molecule has 0 saturated carbocycles. The zero-order valence-electron chi connectivity index (χ0n) is 17.3. The second kappa shape index (κ2) is 7.57. The second-order valence-electron chi connectivity index (χ2n) is 8.58. The number of hydrogen-bond donors (Lipinski definition) is 1. The highest BCUT2D eigenvalue weighted by Gasteiger charge is 2.31. The van der Waals surface area contributed by atoms with Crippen molar-refractivity contribution in [2.75, 3.05) is 0 Å². The Labute approximate surface area is 175 Å². The molecular formula is C17H21B5FN3O2S. The van der Waals surface area contributed by atoms with Crippen molar-refractivity contribution in [3.05, 3.63) is 72.4 Å². The summed E-state index contributed by atoms with van der Waals surface area (Å²) in [5.74, 6) is -0.485. The Morgan fingerprint density at radius 2 is 1.72 bits per heavy atom. The number of aromatic nitrogens is 2. The van der Waals surface area contributed by atoms with Gasteiger partial charge in [0.1, 0.15) is 49.9 Å². The maximum atomic E-state index is 14.6. The molecule has 0 aliphatic rings. The van der Waals surface area contributed by atoms with Gasteiger partial charge in [0, 0.05) is 24.2 Å². The fourth-order valence-electron chi connectivity index (χ4n) is 3.47. The molecule has 0 radical (unpaired) electrons. The van der Waals surface area contributed by atoms with Crippen molar-refractivity contribution in [2.45, 2.75) is 15.5 Å². The molecule has 0 amide bonds. The number of nitrogens with zero attached hydrogens (tertiary/aromatic N) is 2. The highest BCUT2D eigenvalue weighted by molar-refractivity contribution is 7.90. The molecule has 0 unspecified atom stereocenters. The third-order valence-corrected chi connectivity index (χ3v) is 6.19. The predicted octanol–water partition coefficient (Wildman–Crippen LogP) is -2.60. The Hall–Kier alpha value is -2.19. The molecule has 0 atom stereocenters. The Morgan fingerprint density at radius 1 is 1.03 bits per heavy atom. The molecule has 5 nitrogen and oxygen atoms in total. The Bertz CT molecular complexity index is 1130. The molecule has 3 rings (SSSR count). The molecule has 0 aliphatic heterocycles. The van der Waals surface area contributed by atoms with Crippen LogP contribution in [-0.4, -0.2) is 61.8 Å². The van der Waals surface area contributed by atoms with Crippen molar-refractivity contribution in [1.29, 1.82) is 0 Å². The van der Waals surface area contributed by atoms with Crippen LogP contribution in [0.3, 0.4) is 0 Å². The van der Waals surface area contributed by atoms with Gasteiger partial charge in [-0.15, -0.1) is 0 Å². The normalized spacial score (nSPS) is 12.7. The molecule has 12 heteroatoms. The van der Waals surface area contributed by atoms with Gasteiger partial charge in [0.25, 0.3) is 10.0 Å². The monoisotopic (exact) mass is 405 g/mol. The molecule has 144 valence electrons. The molecule has 2 heterocycles. The molecule has 0 aliphatic carbocycles. The highest BCUT2D eigenvalue weighted by atomic mass is 32.2. The first-order valence-corrected chi connectivity index (χ1v) is 10.8. The van der Waals surface area contributed by atoms with E-state index in [2.05, 4.69) is 10.3 Å². The summed E-state index contributed by atoms with van der Waals surface area (Å²) in [6.07, 6.45) is 4.36. The van der Waals surface area contributed by atoms with Gasteiger partial charge in [0.05, 0.1) is 5.69 Å². The summed E-state index contributed by atoms with van der Waals surface area (Å²) in [5, 5.41) is 2.75. The van der Waals surface area contributed by atoms with E-state index in [0.29, 0.717) is 0 Å². The lowest BCUT2D eigenvalue weighted by Crippen LogP contribution is -2.58. The third kappa shape index (κ3) is 4.54. The number of pyridine rings is 1. The first-order valence-electron chi connectivity index (χ1n) is 9.34. The summed E-state index contributed by atoms with van der Waals surface area (Å²) in [7, 11) is 6.10. The second-order valence-corrected chi connectivity index (χ2v) is 10.4. The van der Waals surface area contributed by atoms with E-state index < -0.39 is 21.2 Å². The van der Waals surface area contributed by atoms with E-state index in [9.17, 15) is 12.8 Å². The summed E-state index contributed by atoms with van der Waals surface area (Å²) < 4.78 is 42.4. The lowest BCUT2D eigenvalue weighted by molar-refractivity contribution is 0.586. The van der Waals surface area contributed by atoms with Crippen LogP contribution in [0.2, 0.25) is 0 Å². The first-order chi connectivity index (χ1) is 13.4. The lowest BCUT2D eigenvalue weighted by Gasteiger charge is -2.35. The van der Waals surface area contributed by atoms with Crippen molar-refractivity contribution in [3.8, 4) is 11.3 Å². The zero-order chi connectivity index (χ0) is 21.4. The standard InChI is InChI=1S/C17H21B5FN3O2S/c18-16(19,25-17(20,21)22)11-8-15(13-5-1-2-6-14(13)23)26(10-11)29(27,28)12-4-3-7-24-9-12/h1-10,25H,18-22H2. The third-order valence-electron chi connectivity index (χ3n) is 4.54. The first kappa shape index (κ1) is 21.5. The van der Waals surface area contributed by atoms with E-state index in [4.69, 9.17) is 0 Å². The maximum Gasteiger partial charge on any atom is 0.269 e. The van der Waals surface area contributed by atoms with Crippen LogP contribution in [0, 0.1) is 5.82 Å². The van der Waals surface area contributed by atoms with Crippen LogP contribution >= 0.6 is 0 Å². The van der Waals surface area contributed by atoms with Gasteiger partial charge in [-0.25, -0.2) is 16.8 Å². The minimum atomic E-state index is -3.96. The number of rotatable bonds is 6. The van der Waals surface area contributed by atoms with Gasteiger partial charge < -0.3 is 5.32 Å². The van der Waals surface area contributed by atoms with E-state index in [-0.39, 0.29) is 21.4 Å². The summed E-state index contributed by atoms with van der Waals surface area (Å²) in [4.78, 5) is 3.96. The summed E-state index contributed by atoms with van der Waals surface area (Å²) in [6.45, 7) is 0. The van der Waals surface area contributed by atoms with Crippen molar-refractivity contribution >= 4 is 49.3 Å². The molecule has 2 aromatic heterocycles. The van der Waals surface area contributed by atoms with E-state index in [1.54, 1.807) is 36.5 Å². The Balaban J connectivity index is 2.25. The summed E-state index contributed by atoms with van der Waals surface area (Å²) in [6, 6.07) is 10.9. The van der Waals surface area contributed by atoms with E-state index in [0.717, 1.165) is 9.54 Å². The topological polar surface area (TPSA) is 64.0 Å². The zero-order valence-corrected chi connectivity index (χ0v) is 18.1. The number of halogens is 1. The SMILES string of the molecule is BC(B)(B)NC(B)(B)c1cc(-c2ccccc2F)n(S(=O)(=O)c2cccnc2)c1. The van der Waals surface area contributed by atoms with Gasteiger partial charge in [-0.05, 0) is 41.2 Å². The minimum absolute atomic E-state index is 0.0429. The molecule has 0 bridgehead atoms. The number of hydrogen-bond acceptors (Lipinski definition) is 4. The largest absolute Gasteiger partial charge is 0.339 e. The van der Waals surface area contributed by atoms with Crippen molar-refractivity contribution in [3.63, 3.8) is 0 Å². The smallest absolute Gasteiger partial charge is 0.269 e. The molecule has 0 fully saturated rings. The lowest BCUT2D eigenvalue weighted by atomic mass is 9.45. The number of nitrogens with one attached hydrogen (secondary N) is 1. The van der Waals surface area contributed by atoms with Crippen LogP contribution in [0.25, 0.3) is 11.3 Å². The van der Waals surface area contributed by atoms with Gasteiger partial charge in [-0.2, -0.15) is 0 Å². The molecule has 3 aromatic rings. The predicted molar refractivity (Wildman–Crippen MR) is 127 cm³/mol. The van der Waals surface area contributed by atoms with Crippen LogP contribution in [0.4, 0.5) is 4.39 Å². The van der Waals surface area contributed by atoms with Gasteiger partial charge in [-0.3, -0.25) is 4.98 Å². The molecular weight excluding hydrogens is 383 g/mol. The van der Waals surface area contributed by atoms with Crippen molar-refractivity contribution in [1.82, 2.24) is 14.3 Å². The Kier molecular flexibility index (Phi) is 5.62. The van der Waals surface area contributed by atoms with E-state index in [1.165, 1.54) is 24.5 Å². The average Bonchev–Trinajstić information content (AvgIpc) is 3.08.